The highest BCUT2D eigenvalue weighted by Crippen LogP contribution is 2.23. The van der Waals surface area contributed by atoms with Crippen molar-refractivity contribution in [2.24, 2.45) is 0 Å². The fourth-order valence-electron chi connectivity index (χ4n) is 2.33. The van der Waals surface area contributed by atoms with E-state index in [1.54, 1.807) is 0 Å². The Bertz CT molecular complexity index is 404. The minimum atomic E-state index is 0.236. The molecule has 1 saturated carbocycles. The first kappa shape index (κ1) is 13.3. The van der Waals surface area contributed by atoms with E-state index in [4.69, 9.17) is 0 Å². The van der Waals surface area contributed by atoms with Crippen LogP contribution in [0.3, 0.4) is 0 Å². The van der Waals surface area contributed by atoms with Crippen LogP contribution in [-0.2, 0) is 0 Å². The summed E-state index contributed by atoms with van der Waals surface area (Å²) in [6.45, 7) is 4.88. The van der Waals surface area contributed by atoms with E-state index in [2.05, 4.69) is 37.9 Å². The van der Waals surface area contributed by atoms with E-state index < -0.39 is 0 Å². The number of rotatable bonds is 5. The molecule has 0 aromatic heterocycles. The number of benzene rings is 1. The highest BCUT2D eigenvalue weighted by atomic mass is 16.1. The molecule has 0 heterocycles. The van der Waals surface area contributed by atoms with Gasteiger partial charge in [-0.1, -0.05) is 44.5 Å². The van der Waals surface area contributed by atoms with Crippen LogP contribution in [0.4, 0.5) is 0 Å². The predicted molar refractivity (Wildman–Crippen MR) is 75.1 cm³/mol. The quantitative estimate of drug-likeness (QED) is 0.740. The van der Waals surface area contributed by atoms with Gasteiger partial charge in [0.1, 0.15) is 0 Å². The van der Waals surface area contributed by atoms with E-state index in [1.165, 1.54) is 24.8 Å². The van der Waals surface area contributed by atoms with Crippen molar-refractivity contribution in [2.45, 2.75) is 45.1 Å². The maximum absolute atomic E-state index is 12.1. The Hall–Kier alpha value is -1.15. The molecule has 18 heavy (non-hydrogen) atoms. The molecular formula is C16H23NO. The van der Waals surface area contributed by atoms with Crippen LogP contribution in [0.25, 0.3) is 0 Å². The SMILES string of the molecule is CC(C)c1ccc(C(=O)CN(C)C2CCC2)cc1. The van der Waals surface area contributed by atoms with E-state index in [1.807, 2.05) is 12.1 Å². The van der Waals surface area contributed by atoms with Gasteiger partial charge in [0, 0.05) is 11.6 Å². The first-order valence-corrected chi connectivity index (χ1v) is 6.91. The summed E-state index contributed by atoms with van der Waals surface area (Å²) < 4.78 is 0. The lowest BCUT2D eigenvalue weighted by atomic mass is 9.91. The topological polar surface area (TPSA) is 20.3 Å². The second-order valence-electron chi connectivity index (χ2n) is 5.70. The Morgan fingerprint density at radius 2 is 1.89 bits per heavy atom. The van der Waals surface area contributed by atoms with Gasteiger partial charge in [0.05, 0.1) is 6.54 Å². The number of nitrogens with zero attached hydrogens (tertiary/aromatic N) is 1. The molecule has 0 atom stereocenters. The summed E-state index contributed by atoms with van der Waals surface area (Å²) in [5, 5.41) is 0. The van der Waals surface area contributed by atoms with E-state index in [9.17, 15) is 4.79 Å². The van der Waals surface area contributed by atoms with E-state index in [-0.39, 0.29) is 5.78 Å². The summed E-state index contributed by atoms with van der Waals surface area (Å²) in [5.74, 6) is 0.756. The number of hydrogen-bond donors (Lipinski definition) is 0. The van der Waals surface area contributed by atoms with Gasteiger partial charge in [0.15, 0.2) is 5.78 Å². The zero-order chi connectivity index (χ0) is 13.1. The fraction of sp³-hybridized carbons (Fsp3) is 0.562. The monoisotopic (exact) mass is 245 g/mol. The Kier molecular flexibility index (Phi) is 4.18. The molecule has 2 nitrogen and oxygen atoms in total. The van der Waals surface area contributed by atoms with Crippen LogP contribution >= 0.6 is 0 Å². The van der Waals surface area contributed by atoms with Crippen molar-refractivity contribution < 1.29 is 4.79 Å². The lowest BCUT2D eigenvalue weighted by Gasteiger charge is -2.34. The second-order valence-corrected chi connectivity index (χ2v) is 5.70. The normalized spacial score (nSPS) is 16.1. The van der Waals surface area contributed by atoms with E-state index in [0.29, 0.717) is 18.5 Å². The zero-order valence-corrected chi connectivity index (χ0v) is 11.6. The number of ketones is 1. The largest absolute Gasteiger partial charge is 0.296 e. The van der Waals surface area contributed by atoms with Crippen LogP contribution in [0.5, 0.6) is 0 Å². The number of carbonyl (C=O) groups is 1. The molecule has 0 spiro atoms. The smallest absolute Gasteiger partial charge is 0.176 e. The van der Waals surface area contributed by atoms with Crippen LogP contribution in [0.2, 0.25) is 0 Å². The van der Waals surface area contributed by atoms with Gasteiger partial charge in [-0.3, -0.25) is 9.69 Å². The van der Waals surface area contributed by atoms with Crippen molar-refractivity contribution in [1.82, 2.24) is 4.90 Å². The lowest BCUT2D eigenvalue weighted by Crippen LogP contribution is -2.40. The molecule has 98 valence electrons. The molecule has 0 aliphatic heterocycles. The van der Waals surface area contributed by atoms with Crippen LogP contribution < -0.4 is 0 Å². The van der Waals surface area contributed by atoms with Gasteiger partial charge in [-0.25, -0.2) is 0 Å². The highest BCUT2D eigenvalue weighted by Gasteiger charge is 2.23. The summed E-state index contributed by atoms with van der Waals surface area (Å²) in [6, 6.07) is 8.70. The molecule has 1 aliphatic carbocycles. The van der Waals surface area contributed by atoms with E-state index in [0.717, 1.165) is 5.56 Å². The van der Waals surface area contributed by atoms with Crippen LogP contribution in [-0.4, -0.2) is 30.3 Å². The molecule has 1 fully saturated rings. The Morgan fingerprint density at radius 3 is 2.33 bits per heavy atom. The summed E-state index contributed by atoms with van der Waals surface area (Å²) in [6.07, 6.45) is 3.80. The number of hydrogen-bond acceptors (Lipinski definition) is 2. The van der Waals surface area contributed by atoms with Crippen LogP contribution in [0.1, 0.15) is 54.9 Å². The first-order chi connectivity index (χ1) is 8.58. The lowest BCUT2D eigenvalue weighted by molar-refractivity contribution is 0.0870. The van der Waals surface area contributed by atoms with Crippen molar-refractivity contribution in [3.63, 3.8) is 0 Å². The molecule has 2 rings (SSSR count). The Labute approximate surface area is 110 Å². The third-order valence-corrected chi connectivity index (χ3v) is 3.99. The minimum absolute atomic E-state index is 0.236. The summed E-state index contributed by atoms with van der Waals surface area (Å²) in [4.78, 5) is 14.3. The molecule has 0 bridgehead atoms. The van der Waals surface area contributed by atoms with Crippen LogP contribution in [0.15, 0.2) is 24.3 Å². The summed E-state index contributed by atoms with van der Waals surface area (Å²) >= 11 is 0. The Balaban J connectivity index is 1.95. The molecule has 0 radical (unpaired) electrons. The third-order valence-electron chi connectivity index (χ3n) is 3.99. The van der Waals surface area contributed by atoms with Crippen LogP contribution in [0, 0.1) is 0 Å². The minimum Gasteiger partial charge on any atom is -0.296 e. The van der Waals surface area contributed by atoms with Gasteiger partial charge in [-0.15, -0.1) is 0 Å². The number of likely N-dealkylation sites (N-methyl/N-ethyl adjacent to an activating group) is 1. The molecule has 0 saturated heterocycles. The molecular weight excluding hydrogens is 222 g/mol. The maximum Gasteiger partial charge on any atom is 0.176 e. The predicted octanol–water partition coefficient (Wildman–Crippen LogP) is 3.48. The first-order valence-electron chi connectivity index (χ1n) is 6.91. The van der Waals surface area contributed by atoms with Gasteiger partial charge >= 0.3 is 0 Å². The standard InChI is InChI=1S/C16H23NO/c1-12(2)13-7-9-14(10-8-13)16(18)11-17(3)15-5-4-6-15/h7-10,12,15H,4-6,11H2,1-3H3. The molecule has 0 N–H and O–H groups in total. The Morgan fingerprint density at radius 1 is 1.28 bits per heavy atom. The average Bonchev–Trinajstić information content (AvgIpc) is 2.26. The van der Waals surface area contributed by atoms with Crippen molar-refractivity contribution in [2.75, 3.05) is 13.6 Å². The van der Waals surface area contributed by atoms with Gasteiger partial charge in [-0.05, 0) is 31.4 Å². The second kappa shape index (κ2) is 5.66. The van der Waals surface area contributed by atoms with Gasteiger partial charge in [-0.2, -0.15) is 0 Å². The molecule has 1 aliphatic rings. The summed E-state index contributed by atoms with van der Waals surface area (Å²) in [7, 11) is 2.06. The molecule has 2 heteroatoms. The maximum atomic E-state index is 12.1. The average molecular weight is 245 g/mol. The summed E-state index contributed by atoms with van der Waals surface area (Å²) in [5.41, 5.74) is 2.13. The van der Waals surface area contributed by atoms with Gasteiger partial charge in [0.2, 0.25) is 0 Å². The van der Waals surface area contributed by atoms with Crippen molar-refractivity contribution >= 4 is 5.78 Å². The number of Topliss-reactive ketones (excluding diaryl/α,β-unsaturated/α-hetero) is 1. The van der Waals surface area contributed by atoms with Crippen molar-refractivity contribution in [1.29, 1.82) is 0 Å². The number of carbonyl (C=O) groups excluding carboxylic acids is 1. The van der Waals surface area contributed by atoms with E-state index >= 15 is 0 Å². The van der Waals surface area contributed by atoms with Crippen molar-refractivity contribution in [3.05, 3.63) is 35.4 Å². The molecule has 1 aromatic rings. The molecule has 0 amide bonds. The third kappa shape index (κ3) is 2.99. The fourth-order valence-corrected chi connectivity index (χ4v) is 2.33. The molecule has 0 unspecified atom stereocenters. The van der Waals surface area contributed by atoms with Crippen molar-refractivity contribution in [3.8, 4) is 0 Å². The zero-order valence-electron chi connectivity index (χ0n) is 11.6. The molecule has 1 aromatic carbocycles. The van der Waals surface area contributed by atoms with Gasteiger partial charge < -0.3 is 0 Å². The van der Waals surface area contributed by atoms with Gasteiger partial charge in [0.25, 0.3) is 0 Å². The highest BCUT2D eigenvalue weighted by molar-refractivity contribution is 5.97.